The second kappa shape index (κ2) is 4.52. The van der Waals surface area contributed by atoms with Crippen molar-refractivity contribution in [3.05, 3.63) is 62.8 Å². The molecule has 2 aromatic heterocycles. The maximum atomic E-state index is 12.6. The normalized spacial score (nSPS) is 11.1. The predicted octanol–water partition coefficient (Wildman–Crippen LogP) is 1.58. The van der Waals surface area contributed by atoms with Gasteiger partial charge in [-0.2, -0.15) is 0 Å². The van der Waals surface area contributed by atoms with E-state index in [1.54, 1.807) is 7.05 Å². The topological polar surface area (TPSA) is 59.8 Å². The summed E-state index contributed by atoms with van der Waals surface area (Å²) in [4.78, 5) is 24.5. The van der Waals surface area contributed by atoms with Gasteiger partial charge in [-0.1, -0.05) is 25.1 Å². The molecular formula is C15H15N3O2. The van der Waals surface area contributed by atoms with Crippen molar-refractivity contribution in [1.29, 1.82) is 0 Å². The number of nitrogens with one attached hydrogen (secondary N) is 1. The average Bonchev–Trinajstić information content (AvgIpc) is 2.78. The van der Waals surface area contributed by atoms with Crippen LogP contribution in [0.15, 0.2) is 46.0 Å². The molecule has 3 aromatic rings. The first-order valence-electron chi connectivity index (χ1n) is 6.52. The molecule has 0 saturated carbocycles. The maximum Gasteiger partial charge on any atom is 0.280 e. The molecule has 0 aliphatic carbocycles. The summed E-state index contributed by atoms with van der Waals surface area (Å²) in [6.07, 6.45) is 0.630. The van der Waals surface area contributed by atoms with Gasteiger partial charge in [-0.3, -0.25) is 14.7 Å². The van der Waals surface area contributed by atoms with Gasteiger partial charge in [-0.25, -0.2) is 4.68 Å². The van der Waals surface area contributed by atoms with Gasteiger partial charge < -0.3 is 4.57 Å². The molecule has 5 nitrogen and oxygen atoms in total. The van der Waals surface area contributed by atoms with E-state index in [0.717, 1.165) is 11.4 Å². The van der Waals surface area contributed by atoms with Gasteiger partial charge in [0.05, 0.1) is 16.6 Å². The van der Waals surface area contributed by atoms with Crippen molar-refractivity contribution in [3.8, 4) is 5.69 Å². The lowest BCUT2D eigenvalue weighted by atomic mass is 10.2. The quantitative estimate of drug-likeness (QED) is 0.768. The first kappa shape index (κ1) is 12.5. The Bertz CT molecular complexity index is 885. The SMILES string of the molecule is CCc1c2c(=O)n(-c3ccccc3)[nH]c2cc(=O)n1C. The van der Waals surface area contributed by atoms with E-state index in [1.807, 2.05) is 37.3 Å². The maximum absolute atomic E-state index is 12.6. The van der Waals surface area contributed by atoms with Crippen molar-refractivity contribution in [1.82, 2.24) is 14.3 Å². The predicted molar refractivity (Wildman–Crippen MR) is 78.5 cm³/mol. The number of aromatic amines is 1. The van der Waals surface area contributed by atoms with E-state index in [-0.39, 0.29) is 11.1 Å². The van der Waals surface area contributed by atoms with E-state index in [2.05, 4.69) is 5.10 Å². The number of hydrogen-bond donors (Lipinski definition) is 1. The number of aromatic nitrogens is 3. The molecule has 0 bridgehead atoms. The summed E-state index contributed by atoms with van der Waals surface area (Å²) in [5.41, 5.74) is 1.85. The van der Waals surface area contributed by atoms with Gasteiger partial charge in [-0.15, -0.1) is 0 Å². The lowest BCUT2D eigenvalue weighted by Gasteiger charge is -2.05. The number of rotatable bonds is 2. The van der Waals surface area contributed by atoms with Crippen LogP contribution < -0.4 is 11.1 Å². The Labute approximate surface area is 115 Å². The lowest BCUT2D eigenvalue weighted by molar-refractivity contribution is 0.794. The fourth-order valence-electron chi connectivity index (χ4n) is 2.53. The zero-order valence-electron chi connectivity index (χ0n) is 11.4. The molecule has 0 amide bonds. The van der Waals surface area contributed by atoms with Crippen LogP contribution in [-0.2, 0) is 13.5 Å². The van der Waals surface area contributed by atoms with Crippen LogP contribution in [-0.4, -0.2) is 14.3 Å². The summed E-state index contributed by atoms with van der Waals surface area (Å²) in [5.74, 6) is 0. The molecule has 102 valence electrons. The highest BCUT2D eigenvalue weighted by Crippen LogP contribution is 2.13. The number of pyridine rings is 1. The van der Waals surface area contributed by atoms with Crippen LogP contribution in [0.3, 0.4) is 0 Å². The van der Waals surface area contributed by atoms with Crippen LogP contribution in [0.2, 0.25) is 0 Å². The molecule has 5 heteroatoms. The summed E-state index contributed by atoms with van der Waals surface area (Å²) in [6, 6.07) is 10.8. The molecule has 0 spiro atoms. The summed E-state index contributed by atoms with van der Waals surface area (Å²) in [7, 11) is 1.69. The molecular weight excluding hydrogens is 254 g/mol. The van der Waals surface area contributed by atoms with Crippen LogP contribution in [0, 0.1) is 0 Å². The van der Waals surface area contributed by atoms with E-state index in [1.165, 1.54) is 15.3 Å². The average molecular weight is 269 g/mol. The molecule has 20 heavy (non-hydrogen) atoms. The Balaban J connectivity index is 2.43. The van der Waals surface area contributed by atoms with Crippen LogP contribution in [0.5, 0.6) is 0 Å². The summed E-state index contributed by atoms with van der Waals surface area (Å²) in [6.45, 7) is 1.94. The molecule has 3 rings (SSSR count). The van der Waals surface area contributed by atoms with Crippen LogP contribution in [0.25, 0.3) is 16.6 Å². The molecule has 0 atom stereocenters. The second-order valence-electron chi connectivity index (χ2n) is 4.72. The zero-order valence-corrected chi connectivity index (χ0v) is 11.4. The molecule has 1 aromatic carbocycles. The first-order valence-corrected chi connectivity index (χ1v) is 6.52. The minimum Gasteiger partial charge on any atom is -0.315 e. The Morgan fingerprint density at radius 3 is 2.50 bits per heavy atom. The van der Waals surface area contributed by atoms with Crippen molar-refractivity contribution in [2.75, 3.05) is 0 Å². The van der Waals surface area contributed by atoms with E-state index < -0.39 is 0 Å². The number of aryl methyl sites for hydroxylation is 1. The molecule has 0 aliphatic heterocycles. The highest BCUT2D eigenvalue weighted by atomic mass is 16.1. The monoisotopic (exact) mass is 269 g/mol. The number of nitrogens with zero attached hydrogens (tertiary/aromatic N) is 2. The standard InChI is InChI=1S/C15H15N3O2/c1-3-12-14-11(9-13(19)17(12)2)16-18(15(14)20)10-7-5-4-6-8-10/h4-9,16H,3H2,1-2H3. The van der Waals surface area contributed by atoms with Crippen LogP contribution >= 0.6 is 0 Å². The van der Waals surface area contributed by atoms with Crippen LogP contribution in [0.1, 0.15) is 12.6 Å². The molecule has 0 unspecified atom stereocenters. The molecule has 0 fully saturated rings. The van der Waals surface area contributed by atoms with Gasteiger partial charge in [0.1, 0.15) is 0 Å². The minimum absolute atomic E-state index is 0.115. The Kier molecular flexibility index (Phi) is 2.82. The minimum atomic E-state index is -0.126. The third kappa shape index (κ3) is 1.71. The fraction of sp³-hybridized carbons (Fsp3) is 0.200. The van der Waals surface area contributed by atoms with Crippen LogP contribution in [0.4, 0.5) is 0 Å². The molecule has 1 N–H and O–H groups in total. The highest BCUT2D eigenvalue weighted by Gasteiger charge is 2.14. The van der Waals surface area contributed by atoms with Gasteiger partial charge >= 0.3 is 0 Å². The highest BCUT2D eigenvalue weighted by molar-refractivity contribution is 5.80. The van der Waals surface area contributed by atoms with Gasteiger partial charge in [0, 0.05) is 18.8 Å². The number of para-hydroxylation sites is 1. The number of hydrogen-bond acceptors (Lipinski definition) is 2. The number of benzene rings is 1. The second-order valence-corrected chi connectivity index (χ2v) is 4.72. The Morgan fingerprint density at radius 2 is 1.85 bits per heavy atom. The Morgan fingerprint density at radius 1 is 1.15 bits per heavy atom. The van der Waals surface area contributed by atoms with E-state index in [9.17, 15) is 9.59 Å². The summed E-state index contributed by atoms with van der Waals surface area (Å²) >= 11 is 0. The zero-order chi connectivity index (χ0) is 14.3. The van der Waals surface area contributed by atoms with Gasteiger partial charge in [0.15, 0.2) is 0 Å². The van der Waals surface area contributed by atoms with Crippen molar-refractivity contribution in [2.24, 2.45) is 7.05 Å². The first-order chi connectivity index (χ1) is 9.63. The number of fused-ring (bicyclic) bond motifs is 1. The summed E-state index contributed by atoms with van der Waals surface area (Å²) < 4.78 is 3.01. The lowest BCUT2D eigenvalue weighted by Crippen LogP contribution is -2.21. The van der Waals surface area contributed by atoms with Crippen molar-refractivity contribution in [3.63, 3.8) is 0 Å². The van der Waals surface area contributed by atoms with Gasteiger partial charge in [0.2, 0.25) is 0 Å². The molecule has 0 radical (unpaired) electrons. The smallest absolute Gasteiger partial charge is 0.280 e. The van der Waals surface area contributed by atoms with Crippen molar-refractivity contribution < 1.29 is 0 Å². The van der Waals surface area contributed by atoms with Gasteiger partial charge in [0.25, 0.3) is 11.1 Å². The van der Waals surface area contributed by atoms with E-state index in [4.69, 9.17) is 0 Å². The third-order valence-electron chi connectivity index (χ3n) is 3.56. The van der Waals surface area contributed by atoms with Crippen molar-refractivity contribution >= 4 is 10.9 Å². The fourth-order valence-corrected chi connectivity index (χ4v) is 2.53. The number of H-pyrrole nitrogens is 1. The van der Waals surface area contributed by atoms with E-state index >= 15 is 0 Å². The molecule has 2 heterocycles. The third-order valence-corrected chi connectivity index (χ3v) is 3.56. The van der Waals surface area contributed by atoms with E-state index in [0.29, 0.717) is 17.3 Å². The molecule has 0 aliphatic rings. The summed E-state index contributed by atoms with van der Waals surface area (Å²) in [5, 5.41) is 3.60. The molecule has 0 saturated heterocycles. The largest absolute Gasteiger partial charge is 0.315 e. The van der Waals surface area contributed by atoms with Gasteiger partial charge in [-0.05, 0) is 18.6 Å². The van der Waals surface area contributed by atoms with Crippen molar-refractivity contribution in [2.45, 2.75) is 13.3 Å². The Hall–Kier alpha value is -2.56.